The highest BCUT2D eigenvalue weighted by atomic mass is 31.2. The van der Waals surface area contributed by atoms with E-state index in [-0.39, 0.29) is 5.69 Å². The SMILES string of the molecule is NNC(CP(=O)(O)O)c1ccc([N+](=O)[O-])cc1. The highest BCUT2D eigenvalue weighted by molar-refractivity contribution is 7.51. The second-order valence-electron chi connectivity index (χ2n) is 3.42. The van der Waals surface area contributed by atoms with Crippen molar-refractivity contribution in [2.24, 2.45) is 5.84 Å². The maximum atomic E-state index is 10.8. The molecular formula is C8H12N3O5P. The molecule has 0 radical (unpaired) electrons. The summed E-state index contributed by atoms with van der Waals surface area (Å²) in [4.78, 5) is 27.5. The third kappa shape index (κ3) is 4.22. The average Bonchev–Trinajstić information content (AvgIpc) is 2.25. The Labute approximate surface area is 96.7 Å². The van der Waals surface area contributed by atoms with Crippen LogP contribution in [0.5, 0.6) is 0 Å². The van der Waals surface area contributed by atoms with E-state index in [1.807, 2.05) is 0 Å². The fraction of sp³-hybridized carbons (Fsp3) is 0.250. The second kappa shape index (κ2) is 5.35. The van der Waals surface area contributed by atoms with Gasteiger partial charge in [0, 0.05) is 12.1 Å². The Morgan fingerprint density at radius 3 is 2.29 bits per heavy atom. The average molecular weight is 261 g/mol. The first kappa shape index (κ1) is 13.8. The summed E-state index contributed by atoms with van der Waals surface area (Å²) in [7, 11) is -4.21. The molecule has 17 heavy (non-hydrogen) atoms. The molecular weight excluding hydrogens is 249 g/mol. The Morgan fingerprint density at radius 2 is 1.94 bits per heavy atom. The molecule has 0 bridgehead atoms. The van der Waals surface area contributed by atoms with Gasteiger partial charge in [0.25, 0.3) is 5.69 Å². The minimum atomic E-state index is -4.21. The van der Waals surface area contributed by atoms with Crippen LogP contribution in [0.25, 0.3) is 0 Å². The van der Waals surface area contributed by atoms with Crippen molar-refractivity contribution < 1.29 is 19.3 Å². The van der Waals surface area contributed by atoms with E-state index < -0.39 is 24.7 Å². The number of nitro groups is 1. The topological polar surface area (TPSA) is 139 Å². The Hall–Kier alpha value is -1.31. The van der Waals surface area contributed by atoms with Crippen molar-refractivity contribution >= 4 is 13.3 Å². The number of hydrogen-bond acceptors (Lipinski definition) is 5. The number of non-ortho nitro benzene ring substituents is 1. The normalized spacial score (nSPS) is 13.4. The third-order valence-corrected chi connectivity index (χ3v) is 2.97. The van der Waals surface area contributed by atoms with Gasteiger partial charge in [-0.2, -0.15) is 0 Å². The van der Waals surface area contributed by atoms with Crippen molar-refractivity contribution in [1.29, 1.82) is 0 Å². The van der Waals surface area contributed by atoms with Gasteiger partial charge in [-0.05, 0) is 5.56 Å². The zero-order valence-corrected chi connectivity index (χ0v) is 9.58. The predicted molar refractivity (Wildman–Crippen MR) is 60.1 cm³/mol. The Balaban J connectivity index is 2.90. The summed E-state index contributed by atoms with van der Waals surface area (Å²) < 4.78 is 10.8. The van der Waals surface area contributed by atoms with Crippen LogP contribution in [0, 0.1) is 10.1 Å². The van der Waals surface area contributed by atoms with Crippen LogP contribution in [0.15, 0.2) is 24.3 Å². The van der Waals surface area contributed by atoms with E-state index in [9.17, 15) is 14.7 Å². The first-order valence-electron chi connectivity index (χ1n) is 4.58. The number of nitro benzene ring substituents is 1. The summed E-state index contributed by atoms with van der Waals surface area (Å²) in [5.41, 5.74) is 2.64. The van der Waals surface area contributed by atoms with Crippen LogP contribution in [0.2, 0.25) is 0 Å². The second-order valence-corrected chi connectivity index (χ2v) is 5.11. The molecule has 1 unspecified atom stereocenters. The fourth-order valence-corrected chi connectivity index (χ4v) is 2.11. The lowest BCUT2D eigenvalue weighted by Crippen LogP contribution is -2.30. The molecule has 0 fully saturated rings. The van der Waals surface area contributed by atoms with Gasteiger partial charge in [-0.1, -0.05) is 12.1 Å². The van der Waals surface area contributed by atoms with E-state index in [0.717, 1.165) is 0 Å². The van der Waals surface area contributed by atoms with E-state index >= 15 is 0 Å². The number of nitrogens with two attached hydrogens (primary N) is 1. The lowest BCUT2D eigenvalue weighted by atomic mass is 10.1. The molecule has 0 amide bonds. The summed E-state index contributed by atoms with van der Waals surface area (Å²) in [5, 5.41) is 10.4. The van der Waals surface area contributed by atoms with Gasteiger partial charge in [-0.25, -0.2) is 0 Å². The quantitative estimate of drug-likeness (QED) is 0.258. The van der Waals surface area contributed by atoms with Crippen molar-refractivity contribution in [3.8, 4) is 0 Å². The first-order chi connectivity index (χ1) is 7.83. The molecule has 0 aromatic heterocycles. The zero-order chi connectivity index (χ0) is 13.1. The number of rotatable bonds is 5. The van der Waals surface area contributed by atoms with Crippen LogP contribution in [-0.4, -0.2) is 20.9 Å². The minimum Gasteiger partial charge on any atom is -0.324 e. The van der Waals surface area contributed by atoms with Crippen LogP contribution < -0.4 is 11.3 Å². The van der Waals surface area contributed by atoms with E-state index in [4.69, 9.17) is 15.6 Å². The Kier molecular flexibility index (Phi) is 4.33. The summed E-state index contributed by atoms with van der Waals surface area (Å²) in [5.74, 6) is 5.18. The largest absolute Gasteiger partial charge is 0.327 e. The molecule has 0 saturated carbocycles. The number of nitrogens with one attached hydrogen (secondary N) is 1. The molecule has 9 heteroatoms. The van der Waals surface area contributed by atoms with Gasteiger partial charge in [-0.3, -0.25) is 25.9 Å². The minimum absolute atomic E-state index is 0.0966. The maximum absolute atomic E-state index is 10.8. The van der Waals surface area contributed by atoms with Gasteiger partial charge < -0.3 is 9.79 Å². The third-order valence-electron chi connectivity index (χ3n) is 2.13. The Morgan fingerprint density at radius 1 is 1.41 bits per heavy atom. The molecule has 5 N–H and O–H groups in total. The standard InChI is InChI=1S/C8H12N3O5P/c9-10-8(5-17(14,15)16)6-1-3-7(4-2-6)11(12)13/h1-4,8,10H,5,9H2,(H2,14,15,16). The number of benzene rings is 1. The highest BCUT2D eigenvalue weighted by Gasteiger charge is 2.22. The van der Waals surface area contributed by atoms with Crippen molar-refractivity contribution in [2.75, 3.05) is 6.16 Å². The smallest absolute Gasteiger partial charge is 0.324 e. The number of nitrogens with zero attached hydrogens (tertiary/aromatic N) is 1. The van der Waals surface area contributed by atoms with Crippen molar-refractivity contribution in [2.45, 2.75) is 6.04 Å². The molecule has 1 rings (SSSR count). The molecule has 0 spiro atoms. The highest BCUT2D eigenvalue weighted by Crippen LogP contribution is 2.38. The maximum Gasteiger partial charge on any atom is 0.327 e. The van der Waals surface area contributed by atoms with Crippen LogP contribution >= 0.6 is 7.60 Å². The van der Waals surface area contributed by atoms with E-state index in [1.54, 1.807) is 0 Å². The van der Waals surface area contributed by atoms with Crippen LogP contribution in [0.1, 0.15) is 11.6 Å². The molecule has 0 heterocycles. The van der Waals surface area contributed by atoms with Crippen molar-refractivity contribution in [3.63, 3.8) is 0 Å². The van der Waals surface area contributed by atoms with E-state index in [2.05, 4.69) is 5.43 Å². The molecule has 1 atom stereocenters. The van der Waals surface area contributed by atoms with Crippen LogP contribution in [0.3, 0.4) is 0 Å². The molecule has 8 nitrogen and oxygen atoms in total. The van der Waals surface area contributed by atoms with E-state index in [0.29, 0.717) is 5.56 Å². The van der Waals surface area contributed by atoms with Gasteiger partial charge in [0.15, 0.2) is 0 Å². The molecule has 1 aromatic carbocycles. The number of hydrogen-bond donors (Lipinski definition) is 4. The van der Waals surface area contributed by atoms with E-state index in [1.165, 1.54) is 24.3 Å². The molecule has 0 aliphatic rings. The van der Waals surface area contributed by atoms with Gasteiger partial charge in [0.1, 0.15) is 0 Å². The zero-order valence-electron chi connectivity index (χ0n) is 8.68. The number of hydrazine groups is 1. The molecule has 0 saturated heterocycles. The van der Waals surface area contributed by atoms with Gasteiger partial charge in [0.2, 0.25) is 0 Å². The summed E-state index contributed by atoms with van der Waals surface area (Å²) in [6.07, 6.45) is -0.471. The lowest BCUT2D eigenvalue weighted by Gasteiger charge is -2.16. The van der Waals surface area contributed by atoms with Crippen molar-refractivity contribution in [1.82, 2.24) is 5.43 Å². The van der Waals surface area contributed by atoms with Gasteiger partial charge in [0.05, 0.1) is 17.1 Å². The lowest BCUT2D eigenvalue weighted by molar-refractivity contribution is -0.384. The molecule has 1 aromatic rings. The fourth-order valence-electron chi connectivity index (χ4n) is 1.32. The first-order valence-corrected chi connectivity index (χ1v) is 6.38. The molecule has 0 aliphatic heterocycles. The molecule has 94 valence electrons. The summed E-state index contributed by atoms with van der Waals surface area (Å²) in [6, 6.07) is 4.55. The predicted octanol–water partition coefficient (Wildman–Crippen LogP) is 0.277. The van der Waals surface area contributed by atoms with Gasteiger partial charge in [-0.15, -0.1) is 0 Å². The molecule has 0 aliphatic carbocycles. The summed E-state index contributed by atoms with van der Waals surface area (Å²) in [6.45, 7) is 0. The van der Waals surface area contributed by atoms with Crippen molar-refractivity contribution in [3.05, 3.63) is 39.9 Å². The van der Waals surface area contributed by atoms with Crippen LogP contribution in [-0.2, 0) is 4.57 Å². The van der Waals surface area contributed by atoms with Crippen LogP contribution in [0.4, 0.5) is 5.69 Å². The van der Waals surface area contributed by atoms with Gasteiger partial charge >= 0.3 is 7.60 Å². The summed E-state index contributed by atoms with van der Waals surface area (Å²) >= 11 is 0. The Bertz CT molecular complexity index is 443. The monoisotopic (exact) mass is 261 g/mol.